The maximum Gasteiger partial charge on any atom is 0.407 e. The van der Waals surface area contributed by atoms with Crippen molar-refractivity contribution in [2.45, 2.75) is 25.0 Å². The average molecular weight is 538 g/mol. The van der Waals surface area contributed by atoms with Crippen molar-refractivity contribution in [2.24, 2.45) is 4.99 Å². The first-order chi connectivity index (χ1) is 14.4. The third-order valence-corrected chi connectivity index (χ3v) is 6.48. The number of alkyl halides is 3. The van der Waals surface area contributed by atoms with Crippen molar-refractivity contribution in [2.75, 3.05) is 12.3 Å². The Bertz CT molecular complexity index is 1160. The molecule has 31 heavy (non-hydrogen) atoms. The van der Waals surface area contributed by atoms with Gasteiger partial charge in [-0.1, -0.05) is 30.3 Å². The van der Waals surface area contributed by atoms with Crippen LogP contribution < -0.4 is 5.43 Å². The van der Waals surface area contributed by atoms with Crippen LogP contribution in [0, 0.1) is 0 Å². The lowest BCUT2D eigenvalue weighted by Gasteiger charge is -2.16. The number of pyridine rings is 1. The van der Waals surface area contributed by atoms with E-state index in [9.17, 15) is 27.3 Å². The van der Waals surface area contributed by atoms with E-state index < -0.39 is 35.1 Å². The van der Waals surface area contributed by atoms with Crippen LogP contribution in [0.4, 0.5) is 13.2 Å². The Morgan fingerprint density at radius 2 is 2.03 bits per heavy atom. The number of hydrogen-bond donors (Lipinski definition) is 1. The zero-order chi connectivity index (χ0) is 23.5. The molecular formula is C20H17BrClF3N2O3S. The molecule has 0 radical (unpaired) electrons. The lowest BCUT2D eigenvalue weighted by Crippen LogP contribution is -2.24. The number of Topliss-reactive ketones (excluding diaryl/α,β-unsaturated/α-hetero) is 1. The second-order valence-corrected chi connectivity index (χ2v) is 9.08. The van der Waals surface area contributed by atoms with Crippen LogP contribution in [0.2, 0.25) is 5.02 Å². The Labute approximate surface area is 192 Å². The third kappa shape index (κ3) is 6.09. The molecule has 0 saturated heterocycles. The van der Waals surface area contributed by atoms with Crippen LogP contribution >= 0.6 is 27.5 Å². The predicted molar refractivity (Wildman–Crippen MR) is 121 cm³/mol. The number of aromatic nitrogens is 1. The number of H-pyrrole nitrogens is 1. The highest BCUT2D eigenvalue weighted by atomic mass is 79.9. The number of aromatic amines is 1. The molecular weight excluding hydrogens is 521 g/mol. The summed E-state index contributed by atoms with van der Waals surface area (Å²) in [6, 6.07) is 3.06. The molecule has 1 unspecified atom stereocenters. The SMILES string of the molecule is C=C/C=C(C[S+]([O-])c1[nH]c2c(Br)ccc(Cl)c2c(=O)c1C(C)=O)\C(C)=N/CC(F)(F)F. The Morgan fingerprint density at radius 1 is 1.39 bits per heavy atom. The van der Waals surface area contributed by atoms with Gasteiger partial charge in [-0.15, -0.1) is 0 Å². The normalized spacial score (nSPS) is 14.1. The molecule has 0 spiro atoms. The Balaban J connectivity index is 2.60. The number of allylic oxidation sites excluding steroid dienone is 2. The fourth-order valence-corrected chi connectivity index (χ4v) is 4.81. The van der Waals surface area contributed by atoms with Crippen LogP contribution in [-0.4, -0.2) is 39.5 Å². The van der Waals surface area contributed by atoms with E-state index in [1.807, 2.05) is 0 Å². The second-order valence-electron chi connectivity index (χ2n) is 6.43. The standard InChI is InChI=1S/C20H17BrClF3N2O3S/c1-4-5-12(10(2)26-9-20(23,24)25)8-31(30)19-15(11(3)28)18(29)16-14(22)7-6-13(21)17(16)27-19/h4-7H,1,8-9H2,2-3H3,(H,27,29)/b12-5-,26-10-. The molecule has 11 heteroatoms. The maximum absolute atomic E-state index is 13.1. The zero-order valence-corrected chi connectivity index (χ0v) is 19.6. The van der Waals surface area contributed by atoms with Gasteiger partial charge in [0, 0.05) is 26.9 Å². The van der Waals surface area contributed by atoms with Crippen molar-refractivity contribution in [1.82, 2.24) is 4.98 Å². The van der Waals surface area contributed by atoms with Crippen LogP contribution in [0.15, 0.2) is 55.7 Å². The lowest BCUT2D eigenvalue weighted by molar-refractivity contribution is -0.118. The van der Waals surface area contributed by atoms with Crippen LogP contribution in [0.3, 0.4) is 0 Å². The van der Waals surface area contributed by atoms with Crippen LogP contribution in [0.25, 0.3) is 10.9 Å². The molecule has 166 valence electrons. The first kappa shape index (κ1) is 25.4. The van der Waals surface area contributed by atoms with Crippen molar-refractivity contribution in [3.8, 4) is 0 Å². The molecule has 1 atom stereocenters. The Kier molecular flexibility index (Phi) is 8.32. The van der Waals surface area contributed by atoms with Gasteiger partial charge >= 0.3 is 6.18 Å². The summed E-state index contributed by atoms with van der Waals surface area (Å²) in [5.74, 6) is -0.918. The molecule has 0 saturated carbocycles. The van der Waals surface area contributed by atoms with E-state index in [0.29, 0.717) is 4.47 Å². The van der Waals surface area contributed by atoms with Crippen molar-refractivity contribution in [3.63, 3.8) is 0 Å². The van der Waals surface area contributed by atoms with Gasteiger partial charge in [0.15, 0.2) is 5.78 Å². The summed E-state index contributed by atoms with van der Waals surface area (Å²) in [7, 11) is 0. The molecule has 0 aliphatic rings. The largest absolute Gasteiger partial charge is 0.610 e. The van der Waals surface area contributed by atoms with Gasteiger partial charge in [0.2, 0.25) is 10.5 Å². The van der Waals surface area contributed by atoms with Crippen molar-refractivity contribution in [1.29, 1.82) is 0 Å². The first-order valence-corrected chi connectivity index (χ1v) is 11.2. The summed E-state index contributed by atoms with van der Waals surface area (Å²) in [6.07, 6.45) is -1.78. The van der Waals surface area contributed by atoms with Crippen LogP contribution in [-0.2, 0) is 11.2 Å². The quantitative estimate of drug-likeness (QED) is 0.222. The number of benzene rings is 1. The molecule has 0 bridgehead atoms. The summed E-state index contributed by atoms with van der Waals surface area (Å²) in [6.45, 7) is 4.62. The van der Waals surface area contributed by atoms with E-state index in [4.69, 9.17) is 11.6 Å². The predicted octanol–water partition coefficient (Wildman–Crippen LogP) is 5.39. The van der Waals surface area contributed by atoms with Gasteiger partial charge in [0.1, 0.15) is 17.9 Å². The first-order valence-electron chi connectivity index (χ1n) is 8.70. The van der Waals surface area contributed by atoms with Crippen molar-refractivity contribution in [3.05, 3.63) is 61.7 Å². The fourth-order valence-electron chi connectivity index (χ4n) is 2.73. The number of nitrogens with one attached hydrogen (secondary N) is 1. The molecule has 0 aliphatic heterocycles. The smallest absolute Gasteiger partial charge is 0.407 e. The highest BCUT2D eigenvalue weighted by Crippen LogP contribution is 2.29. The molecule has 5 nitrogen and oxygen atoms in total. The molecule has 2 rings (SSSR count). The summed E-state index contributed by atoms with van der Waals surface area (Å²) < 4.78 is 51.1. The number of rotatable bonds is 7. The molecule has 1 aromatic heterocycles. The number of carbonyl (C=O) groups is 1. The Hall–Kier alpha value is -1.88. The summed E-state index contributed by atoms with van der Waals surface area (Å²) in [5.41, 5.74) is -0.524. The summed E-state index contributed by atoms with van der Waals surface area (Å²) in [4.78, 5) is 31.5. The number of carbonyl (C=O) groups excluding carboxylic acids is 1. The maximum atomic E-state index is 13.1. The minimum absolute atomic E-state index is 0.0160. The number of nitrogens with zero attached hydrogens (tertiary/aromatic N) is 1. The van der Waals surface area contributed by atoms with E-state index >= 15 is 0 Å². The molecule has 1 aromatic carbocycles. The van der Waals surface area contributed by atoms with Gasteiger partial charge < -0.3 is 9.54 Å². The van der Waals surface area contributed by atoms with Gasteiger partial charge in [-0.3, -0.25) is 14.6 Å². The van der Waals surface area contributed by atoms with E-state index in [-0.39, 0.29) is 43.6 Å². The van der Waals surface area contributed by atoms with Gasteiger partial charge in [-0.05, 0) is 41.9 Å². The molecule has 0 amide bonds. The molecule has 0 fully saturated rings. The molecule has 1 N–H and O–H groups in total. The van der Waals surface area contributed by atoms with Gasteiger partial charge in [-0.2, -0.15) is 13.2 Å². The second kappa shape index (κ2) is 10.2. The lowest BCUT2D eigenvalue weighted by atomic mass is 10.1. The van der Waals surface area contributed by atoms with Crippen molar-refractivity contribution < 1.29 is 22.5 Å². The van der Waals surface area contributed by atoms with E-state index in [0.717, 1.165) is 6.92 Å². The minimum Gasteiger partial charge on any atom is -0.610 e. The van der Waals surface area contributed by atoms with E-state index in [1.54, 1.807) is 6.07 Å². The summed E-state index contributed by atoms with van der Waals surface area (Å²) in [5, 5.41) is 0.0278. The highest BCUT2D eigenvalue weighted by Gasteiger charge is 2.29. The van der Waals surface area contributed by atoms with Crippen LogP contribution in [0.5, 0.6) is 0 Å². The molecule has 0 aliphatic carbocycles. The number of halogens is 5. The minimum atomic E-state index is -4.49. The van der Waals surface area contributed by atoms with Gasteiger partial charge in [-0.25, -0.2) is 0 Å². The zero-order valence-electron chi connectivity index (χ0n) is 16.4. The number of fused-ring (bicyclic) bond motifs is 1. The number of ketones is 1. The monoisotopic (exact) mass is 536 g/mol. The fraction of sp³-hybridized carbons (Fsp3) is 0.250. The summed E-state index contributed by atoms with van der Waals surface area (Å²) >= 11 is 7.42. The molecule has 2 aromatic rings. The average Bonchev–Trinajstić information content (AvgIpc) is 2.67. The van der Waals surface area contributed by atoms with E-state index in [2.05, 4.69) is 32.5 Å². The third-order valence-electron chi connectivity index (χ3n) is 4.17. The van der Waals surface area contributed by atoms with Gasteiger partial charge in [0.25, 0.3) is 0 Å². The van der Waals surface area contributed by atoms with Crippen molar-refractivity contribution >= 4 is 61.1 Å². The highest BCUT2D eigenvalue weighted by molar-refractivity contribution is 9.10. The number of aliphatic imine (C=N–C) groups is 1. The number of hydrogen-bond acceptors (Lipinski definition) is 4. The topological polar surface area (TPSA) is 85.3 Å². The molecule has 1 heterocycles. The van der Waals surface area contributed by atoms with Gasteiger partial charge in [0.05, 0.1) is 15.9 Å². The van der Waals surface area contributed by atoms with Crippen LogP contribution in [0.1, 0.15) is 24.2 Å². The van der Waals surface area contributed by atoms with E-state index in [1.165, 1.54) is 25.1 Å². The Morgan fingerprint density at radius 3 is 2.58 bits per heavy atom.